The predicted molar refractivity (Wildman–Crippen MR) is 91.9 cm³/mol. The van der Waals surface area contributed by atoms with Gasteiger partial charge in [-0.3, -0.25) is 4.72 Å². The average Bonchev–Trinajstić information content (AvgIpc) is 3.01. The largest absolute Gasteiger partial charge is 0.493 e. The summed E-state index contributed by atoms with van der Waals surface area (Å²) in [5, 5.41) is 10.3. The van der Waals surface area contributed by atoms with Crippen LogP contribution in [0.15, 0.2) is 39.7 Å². The van der Waals surface area contributed by atoms with E-state index >= 15 is 0 Å². The van der Waals surface area contributed by atoms with Crippen molar-refractivity contribution in [3.8, 4) is 11.5 Å². The lowest BCUT2D eigenvalue weighted by Gasteiger charge is -2.13. The van der Waals surface area contributed by atoms with Gasteiger partial charge in [0.1, 0.15) is 15.9 Å². The van der Waals surface area contributed by atoms with E-state index in [4.69, 9.17) is 9.47 Å². The van der Waals surface area contributed by atoms with Crippen LogP contribution in [0.1, 0.15) is 0 Å². The van der Waals surface area contributed by atoms with Gasteiger partial charge in [0.05, 0.1) is 19.9 Å². The molecule has 0 fully saturated rings. The monoisotopic (exact) mass is 412 g/mol. The van der Waals surface area contributed by atoms with Crippen molar-refractivity contribution in [1.82, 2.24) is 15.4 Å². The first-order chi connectivity index (χ1) is 11.4. The Balaban J connectivity index is 2.00. The van der Waals surface area contributed by atoms with Crippen LogP contribution in [0.4, 0.5) is 5.69 Å². The van der Waals surface area contributed by atoms with Gasteiger partial charge in [0.2, 0.25) is 0 Å². The molecule has 2 N–H and O–H groups in total. The third-order valence-electron chi connectivity index (χ3n) is 3.30. The highest BCUT2D eigenvalue weighted by Gasteiger charge is 2.21. The maximum atomic E-state index is 12.7. The van der Waals surface area contributed by atoms with E-state index in [1.807, 2.05) is 0 Å². The van der Waals surface area contributed by atoms with Crippen LogP contribution in [0.25, 0.3) is 11.0 Å². The van der Waals surface area contributed by atoms with Gasteiger partial charge in [0.15, 0.2) is 11.5 Å². The fourth-order valence-corrected chi connectivity index (χ4v) is 4.24. The van der Waals surface area contributed by atoms with Crippen molar-refractivity contribution in [3.63, 3.8) is 0 Å². The smallest absolute Gasteiger partial charge is 0.263 e. The Labute approximate surface area is 146 Å². The summed E-state index contributed by atoms with van der Waals surface area (Å²) in [6.45, 7) is 0. The molecular weight excluding hydrogens is 400 g/mol. The fraction of sp³-hybridized carbons (Fsp3) is 0.143. The number of aromatic nitrogens is 3. The molecule has 0 saturated carbocycles. The predicted octanol–water partition coefficient (Wildman–Crippen LogP) is 2.54. The van der Waals surface area contributed by atoms with Gasteiger partial charge in [-0.05, 0) is 40.2 Å². The molecule has 1 aromatic heterocycles. The zero-order valence-electron chi connectivity index (χ0n) is 12.7. The van der Waals surface area contributed by atoms with Gasteiger partial charge in [0.25, 0.3) is 10.0 Å². The van der Waals surface area contributed by atoms with Gasteiger partial charge in [-0.25, -0.2) is 8.42 Å². The second-order valence-electron chi connectivity index (χ2n) is 4.77. The molecule has 126 valence electrons. The molecule has 8 nitrogen and oxygen atoms in total. The highest BCUT2D eigenvalue weighted by atomic mass is 79.9. The van der Waals surface area contributed by atoms with Crippen LogP contribution in [0.2, 0.25) is 0 Å². The van der Waals surface area contributed by atoms with Gasteiger partial charge in [0, 0.05) is 10.5 Å². The SMILES string of the molecule is COc1cc(Br)c(S(=O)(=O)Nc2ccc3n[nH]nc3c2)cc1OC. The molecule has 0 atom stereocenters. The second kappa shape index (κ2) is 6.29. The number of aromatic amines is 1. The van der Waals surface area contributed by atoms with Crippen LogP contribution in [-0.4, -0.2) is 38.0 Å². The first kappa shape index (κ1) is 16.5. The van der Waals surface area contributed by atoms with E-state index in [0.717, 1.165) is 0 Å². The Bertz CT molecular complexity index is 1000. The molecule has 1 heterocycles. The molecular formula is C14H13BrN4O4S. The number of fused-ring (bicyclic) bond motifs is 1. The number of hydrogen-bond donors (Lipinski definition) is 2. The van der Waals surface area contributed by atoms with Crippen molar-refractivity contribution >= 4 is 42.7 Å². The third kappa shape index (κ3) is 3.02. The van der Waals surface area contributed by atoms with Gasteiger partial charge in [-0.2, -0.15) is 15.4 Å². The normalized spacial score (nSPS) is 11.5. The number of rotatable bonds is 5. The molecule has 2 aromatic carbocycles. The molecule has 0 aliphatic heterocycles. The Kier molecular flexibility index (Phi) is 4.33. The molecule has 24 heavy (non-hydrogen) atoms. The van der Waals surface area contributed by atoms with E-state index in [0.29, 0.717) is 32.7 Å². The highest BCUT2D eigenvalue weighted by molar-refractivity contribution is 9.10. The molecule has 0 amide bonds. The summed E-state index contributed by atoms with van der Waals surface area (Å²) in [6, 6.07) is 7.79. The molecule has 0 bridgehead atoms. The van der Waals surface area contributed by atoms with Crippen LogP contribution in [-0.2, 0) is 10.0 Å². The Hall–Kier alpha value is -2.33. The van der Waals surface area contributed by atoms with E-state index in [-0.39, 0.29) is 4.90 Å². The second-order valence-corrected chi connectivity index (χ2v) is 7.28. The Morgan fingerprint density at radius 1 is 1.04 bits per heavy atom. The number of benzene rings is 2. The molecule has 3 aromatic rings. The average molecular weight is 413 g/mol. The fourth-order valence-electron chi connectivity index (χ4n) is 2.16. The number of nitrogens with one attached hydrogen (secondary N) is 2. The lowest BCUT2D eigenvalue weighted by Crippen LogP contribution is -2.14. The molecule has 3 rings (SSSR count). The maximum Gasteiger partial charge on any atom is 0.263 e. The van der Waals surface area contributed by atoms with Crippen LogP contribution in [0, 0.1) is 0 Å². The third-order valence-corrected chi connectivity index (χ3v) is 5.64. The zero-order chi connectivity index (χ0) is 17.3. The van der Waals surface area contributed by atoms with Crippen molar-refractivity contribution in [2.24, 2.45) is 0 Å². The number of methoxy groups -OCH3 is 2. The van der Waals surface area contributed by atoms with Crippen LogP contribution < -0.4 is 14.2 Å². The van der Waals surface area contributed by atoms with Crippen LogP contribution >= 0.6 is 15.9 Å². The molecule has 10 heteroatoms. The van der Waals surface area contributed by atoms with Gasteiger partial charge < -0.3 is 9.47 Å². The minimum absolute atomic E-state index is 0.0281. The van der Waals surface area contributed by atoms with Crippen LogP contribution in [0.3, 0.4) is 0 Å². The molecule has 0 saturated heterocycles. The number of H-pyrrole nitrogens is 1. The topological polar surface area (TPSA) is 106 Å². The summed E-state index contributed by atoms with van der Waals surface area (Å²) < 4.78 is 38.6. The molecule has 0 unspecified atom stereocenters. The highest BCUT2D eigenvalue weighted by Crippen LogP contribution is 2.36. The number of hydrogen-bond acceptors (Lipinski definition) is 6. The number of anilines is 1. The quantitative estimate of drug-likeness (QED) is 0.666. The van der Waals surface area contributed by atoms with Crippen molar-refractivity contribution in [2.45, 2.75) is 4.90 Å². The van der Waals surface area contributed by atoms with E-state index in [1.165, 1.54) is 26.4 Å². The van der Waals surface area contributed by atoms with Gasteiger partial charge in [-0.15, -0.1) is 0 Å². The molecule has 0 radical (unpaired) electrons. The maximum absolute atomic E-state index is 12.7. The Morgan fingerprint density at radius 2 is 1.71 bits per heavy atom. The summed E-state index contributed by atoms with van der Waals surface area (Å²) >= 11 is 3.25. The van der Waals surface area contributed by atoms with Crippen molar-refractivity contribution in [1.29, 1.82) is 0 Å². The van der Waals surface area contributed by atoms with Gasteiger partial charge in [-0.1, -0.05) is 0 Å². The lowest BCUT2D eigenvalue weighted by molar-refractivity contribution is 0.353. The minimum atomic E-state index is -3.84. The molecule has 0 aliphatic carbocycles. The number of nitrogens with zero attached hydrogens (tertiary/aromatic N) is 2. The summed E-state index contributed by atoms with van der Waals surface area (Å²) in [5.41, 5.74) is 1.57. The number of ether oxygens (including phenoxy) is 2. The van der Waals surface area contributed by atoms with Crippen molar-refractivity contribution < 1.29 is 17.9 Å². The molecule has 0 aliphatic rings. The van der Waals surface area contributed by atoms with Crippen molar-refractivity contribution in [2.75, 3.05) is 18.9 Å². The standard InChI is InChI=1S/C14H13BrN4O4S/c1-22-12-6-9(15)14(7-13(12)23-2)24(20,21)18-8-3-4-10-11(5-8)17-19-16-10/h3-7,18H,1-2H3,(H,16,17,19). The van der Waals surface area contributed by atoms with E-state index in [1.54, 1.807) is 18.2 Å². The first-order valence-corrected chi connectivity index (χ1v) is 8.97. The van der Waals surface area contributed by atoms with Crippen molar-refractivity contribution in [3.05, 3.63) is 34.8 Å². The Morgan fingerprint density at radius 3 is 2.42 bits per heavy atom. The van der Waals surface area contributed by atoms with E-state index < -0.39 is 10.0 Å². The summed E-state index contributed by atoms with van der Waals surface area (Å²) in [6.07, 6.45) is 0. The van der Waals surface area contributed by atoms with Gasteiger partial charge >= 0.3 is 0 Å². The lowest BCUT2D eigenvalue weighted by atomic mass is 10.3. The van der Waals surface area contributed by atoms with E-state index in [9.17, 15) is 8.42 Å². The first-order valence-electron chi connectivity index (χ1n) is 6.69. The number of sulfonamides is 1. The minimum Gasteiger partial charge on any atom is -0.493 e. The van der Waals surface area contributed by atoms with Crippen LogP contribution in [0.5, 0.6) is 11.5 Å². The summed E-state index contributed by atoms with van der Waals surface area (Å²) in [5.74, 6) is 0.736. The zero-order valence-corrected chi connectivity index (χ0v) is 15.1. The number of halogens is 1. The summed E-state index contributed by atoms with van der Waals surface area (Å²) in [4.78, 5) is 0.0281. The van der Waals surface area contributed by atoms with E-state index in [2.05, 4.69) is 36.1 Å². The molecule has 0 spiro atoms. The summed E-state index contributed by atoms with van der Waals surface area (Å²) in [7, 11) is -0.929.